The fourth-order valence-corrected chi connectivity index (χ4v) is 3.95. The van der Waals surface area contributed by atoms with E-state index in [0.717, 1.165) is 31.5 Å². The van der Waals surface area contributed by atoms with Crippen LogP contribution in [0.3, 0.4) is 0 Å². The maximum absolute atomic E-state index is 13.6. The molecule has 4 rings (SSSR count). The van der Waals surface area contributed by atoms with Crippen molar-refractivity contribution in [3.63, 3.8) is 0 Å². The summed E-state index contributed by atoms with van der Waals surface area (Å²) in [7, 11) is 0. The van der Waals surface area contributed by atoms with Gasteiger partial charge in [-0.05, 0) is 55.3 Å². The van der Waals surface area contributed by atoms with Crippen LogP contribution in [0, 0.1) is 5.82 Å². The molecule has 3 aromatic rings. The Morgan fingerprint density at radius 3 is 2.68 bits per heavy atom. The van der Waals surface area contributed by atoms with Gasteiger partial charge in [-0.3, -0.25) is 9.59 Å². The highest BCUT2D eigenvalue weighted by molar-refractivity contribution is 5.97. The van der Waals surface area contributed by atoms with Crippen LogP contribution >= 0.6 is 0 Å². The molecule has 0 bridgehead atoms. The van der Waals surface area contributed by atoms with Crippen LogP contribution in [-0.2, 0) is 12.7 Å². The molecule has 0 radical (unpaired) electrons. The minimum atomic E-state index is -4.71. The van der Waals surface area contributed by atoms with Crippen molar-refractivity contribution in [2.24, 2.45) is 0 Å². The number of piperidine rings is 1. The van der Waals surface area contributed by atoms with Crippen molar-refractivity contribution >= 4 is 17.6 Å². The molecule has 2 heterocycles. The van der Waals surface area contributed by atoms with Crippen molar-refractivity contribution in [2.75, 3.05) is 18.8 Å². The summed E-state index contributed by atoms with van der Waals surface area (Å²) in [5, 5.41) is 8.58. The van der Waals surface area contributed by atoms with Gasteiger partial charge in [0.25, 0.3) is 11.8 Å². The van der Waals surface area contributed by atoms with E-state index < -0.39 is 29.4 Å². The van der Waals surface area contributed by atoms with Crippen molar-refractivity contribution in [3.05, 3.63) is 76.9 Å². The summed E-state index contributed by atoms with van der Waals surface area (Å²) in [6.45, 7) is 1.22. The normalized spacial score (nSPS) is 15.7. The number of nitrogens with two attached hydrogens (primary N) is 1. The Bertz CT molecular complexity index is 1310. The Balaban J connectivity index is 1.48. The predicted molar refractivity (Wildman–Crippen MR) is 128 cm³/mol. The van der Waals surface area contributed by atoms with Crippen LogP contribution in [0.25, 0.3) is 11.3 Å². The summed E-state index contributed by atoms with van der Waals surface area (Å²) in [5.74, 6) is -2.14. The summed E-state index contributed by atoms with van der Waals surface area (Å²) in [5.41, 5.74) is 5.63. The van der Waals surface area contributed by atoms with E-state index in [4.69, 9.17) is 5.73 Å². The van der Waals surface area contributed by atoms with Gasteiger partial charge in [-0.15, -0.1) is 0 Å². The summed E-state index contributed by atoms with van der Waals surface area (Å²) in [6.07, 6.45) is -1.57. The molecule has 0 spiro atoms. The first-order valence-corrected chi connectivity index (χ1v) is 11.5. The first kappa shape index (κ1) is 26.0. The number of anilines is 1. The number of aromatic nitrogens is 2. The zero-order valence-electron chi connectivity index (χ0n) is 19.5. The van der Waals surface area contributed by atoms with Crippen molar-refractivity contribution in [1.82, 2.24) is 25.9 Å². The van der Waals surface area contributed by atoms with Crippen LogP contribution < -0.4 is 21.7 Å². The fourth-order valence-electron chi connectivity index (χ4n) is 3.95. The molecular formula is C25H24F4N6O2. The number of benzene rings is 2. The number of nitrogens with zero attached hydrogens (tertiary/aromatic N) is 2. The number of carbonyl (C=O) groups excluding carboxylic acids is 2. The number of amides is 2. The first-order chi connectivity index (χ1) is 17.6. The first-order valence-electron chi connectivity index (χ1n) is 11.5. The van der Waals surface area contributed by atoms with Crippen LogP contribution in [0.5, 0.6) is 0 Å². The maximum atomic E-state index is 13.6. The lowest BCUT2D eigenvalue weighted by atomic mass is 10.1. The molecule has 5 N–H and O–H groups in total. The van der Waals surface area contributed by atoms with Crippen LogP contribution in [0.1, 0.15) is 44.8 Å². The molecule has 1 aliphatic rings. The Hall–Kier alpha value is -4.06. The van der Waals surface area contributed by atoms with Gasteiger partial charge in [0, 0.05) is 30.3 Å². The fraction of sp³-hybridized carbons (Fsp3) is 0.280. The molecule has 2 aromatic carbocycles. The number of carbonyl (C=O) groups is 2. The highest BCUT2D eigenvalue weighted by atomic mass is 19.4. The SMILES string of the molecule is Nc1ncc(-c2cccc(C(=O)NCc3cc(F)cc(C(F)(F)F)c3)c2)nc1C(=O)NC1CCCNC1. The number of rotatable bonds is 6. The number of nitrogen functional groups attached to an aromatic ring is 1. The molecule has 1 unspecified atom stereocenters. The summed E-state index contributed by atoms with van der Waals surface area (Å²) in [6, 6.07) is 8.28. The largest absolute Gasteiger partial charge is 0.416 e. The molecule has 0 saturated carbocycles. The molecule has 1 atom stereocenters. The predicted octanol–water partition coefficient (Wildman–Crippen LogP) is 3.30. The van der Waals surface area contributed by atoms with Crippen molar-refractivity contribution in [3.8, 4) is 11.3 Å². The van der Waals surface area contributed by atoms with E-state index >= 15 is 0 Å². The van der Waals surface area contributed by atoms with E-state index in [9.17, 15) is 27.2 Å². The minimum absolute atomic E-state index is 0.0350. The zero-order valence-corrected chi connectivity index (χ0v) is 19.5. The third-order valence-electron chi connectivity index (χ3n) is 5.81. The van der Waals surface area contributed by atoms with Crippen molar-refractivity contribution in [1.29, 1.82) is 0 Å². The maximum Gasteiger partial charge on any atom is 0.416 e. The Morgan fingerprint density at radius 1 is 1.14 bits per heavy atom. The summed E-state index contributed by atoms with van der Waals surface area (Å²) >= 11 is 0. The van der Waals surface area contributed by atoms with E-state index in [1.54, 1.807) is 12.1 Å². The molecule has 0 aliphatic carbocycles. The monoisotopic (exact) mass is 516 g/mol. The van der Waals surface area contributed by atoms with Gasteiger partial charge in [0.2, 0.25) is 0 Å². The smallest absolute Gasteiger partial charge is 0.382 e. The van der Waals surface area contributed by atoms with Crippen LogP contribution in [0.15, 0.2) is 48.7 Å². The Labute approximate surface area is 209 Å². The average Bonchev–Trinajstić information content (AvgIpc) is 2.87. The lowest BCUT2D eigenvalue weighted by molar-refractivity contribution is -0.137. The molecule has 1 aliphatic heterocycles. The minimum Gasteiger partial charge on any atom is -0.382 e. The Kier molecular flexibility index (Phi) is 7.67. The lowest BCUT2D eigenvalue weighted by Gasteiger charge is -2.23. The summed E-state index contributed by atoms with van der Waals surface area (Å²) < 4.78 is 52.4. The number of nitrogens with one attached hydrogen (secondary N) is 3. The van der Waals surface area contributed by atoms with Gasteiger partial charge in [0.15, 0.2) is 11.5 Å². The van der Waals surface area contributed by atoms with Crippen LogP contribution in [0.4, 0.5) is 23.4 Å². The standard InChI is InChI=1S/C25H24F4N6O2/c26-18-8-14(7-17(10-18)25(27,28)29)11-33-23(36)16-4-1-3-15(9-16)20-13-32-22(30)21(35-20)24(37)34-19-5-2-6-31-12-19/h1,3-4,7-10,13,19,31H,2,5-6,11-12H2,(H2,30,32)(H,33,36)(H,34,37). The lowest BCUT2D eigenvalue weighted by Crippen LogP contribution is -2.46. The number of halogens is 4. The molecule has 194 valence electrons. The van der Waals surface area contributed by atoms with Gasteiger partial charge >= 0.3 is 6.18 Å². The average molecular weight is 516 g/mol. The van der Waals surface area contributed by atoms with Crippen LogP contribution in [0.2, 0.25) is 0 Å². The molecule has 37 heavy (non-hydrogen) atoms. The summed E-state index contributed by atoms with van der Waals surface area (Å²) in [4.78, 5) is 33.8. The molecule has 1 aromatic heterocycles. The van der Waals surface area contributed by atoms with E-state index in [2.05, 4.69) is 25.9 Å². The highest BCUT2D eigenvalue weighted by Crippen LogP contribution is 2.30. The van der Waals surface area contributed by atoms with E-state index in [-0.39, 0.29) is 35.2 Å². The molecular weight excluding hydrogens is 492 g/mol. The quantitative estimate of drug-likeness (QED) is 0.373. The Morgan fingerprint density at radius 2 is 1.95 bits per heavy atom. The van der Waals surface area contributed by atoms with Gasteiger partial charge in [-0.1, -0.05) is 12.1 Å². The molecule has 1 saturated heterocycles. The van der Waals surface area contributed by atoms with E-state index in [1.165, 1.54) is 18.3 Å². The van der Waals surface area contributed by atoms with Gasteiger partial charge < -0.3 is 21.7 Å². The molecule has 2 amide bonds. The second-order valence-corrected chi connectivity index (χ2v) is 8.62. The topological polar surface area (TPSA) is 122 Å². The number of hydrogen-bond acceptors (Lipinski definition) is 6. The van der Waals surface area contributed by atoms with E-state index in [0.29, 0.717) is 23.9 Å². The van der Waals surface area contributed by atoms with Gasteiger partial charge in [0.1, 0.15) is 5.82 Å². The third-order valence-corrected chi connectivity index (χ3v) is 5.81. The third kappa shape index (κ3) is 6.58. The number of alkyl halides is 3. The van der Waals surface area contributed by atoms with Crippen molar-refractivity contribution in [2.45, 2.75) is 31.6 Å². The molecule has 1 fully saturated rings. The second-order valence-electron chi connectivity index (χ2n) is 8.62. The van der Waals surface area contributed by atoms with Gasteiger partial charge in [0.05, 0.1) is 17.5 Å². The zero-order chi connectivity index (χ0) is 26.6. The van der Waals surface area contributed by atoms with E-state index in [1.807, 2.05) is 0 Å². The molecule has 12 heteroatoms. The second kappa shape index (κ2) is 10.9. The van der Waals surface area contributed by atoms with Gasteiger partial charge in [-0.25, -0.2) is 14.4 Å². The number of hydrogen-bond donors (Lipinski definition) is 4. The highest BCUT2D eigenvalue weighted by Gasteiger charge is 2.31. The van der Waals surface area contributed by atoms with Gasteiger partial charge in [-0.2, -0.15) is 13.2 Å². The van der Waals surface area contributed by atoms with Crippen LogP contribution in [-0.4, -0.2) is 40.9 Å². The van der Waals surface area contributed by atoms with Crippen molar-refractivity contribution < 1.29 is 27.2 Å². The molecule has 8 nitrogen and oxygen atoms in total.